The third-order valence-corrected chi connectivity index (χ3v) is 5.45. The summed E-state index contributed by atoms with van der Waals surface area (Å²) in [6.45, 7) is 0.408. The van der Waals surface area contributed by atoms with Crippen LogP contribution < -0.4 is 10.1 Å². The number of carbonyl (C=O) groups is 3. The normalized spacial score (nSPS) is 12.8. The van der Waals surface area contributed by atoms with Crippen LogP contribution in [0, 0.1) is 0 Å². The van der Waals surface area contributed by atoms with Gasteiger partial charge >= 0.3 is 0 Å². The van der Waals surface area contributed by atoms with E-state index in [1.807, 2.05) is 0 Å². The first kappa shape index (κ1) is 19.9. The van der Waals surface area contributed by atoms with Crippen LogP contribution in [0.2, 0.25) is 0 Å². The lowest BCUT2D eigenvalue weighted by Gasteiger charge is -2.13. The van der Waals surface area contributed by atoms with Crippen LogP contribution in [0.15, 0.2) is 48.5 Å². The van der Waals surface area contributed by atoms with Crippen LogP contribution in [0.5, 0.6) is 5.75 Å². The Labute approximate surface area is 168 Å². The van der Waals surface area contributed by atoms with Crippen LogP contribution in [0.1, 0.15) is 33.6 Å². The Kier molecular flexibility index (Phi) is 6.71. The van der Waals surface area contributed by atoms with Gasteiger partial charge < -0.3 is 10.1 Å². The highest BCUT2D eigenvalue weighted by molar-refractivity contribution is 7.99. The number of fused-ring (bicyclic) bond motifs is 1. The van der Waals surface area contributed by atoms with E-state index < -0.39 is 0 Å². The molecule has 3 rings (SSSR count). The molecule has 6 nitrogen and oxygen atoms in total. The summed E-state index contributed by atoms with van der Waals surface area (Å²) in [5.41, 5.74) is 1.70. The minimum Gasteiger partial charge on any atom is -0.497 e. The van der Waals surface area contributed by atoms with Crippen molar-refractivity contribution in [3.05, 3.63) is 59.7 Å². The molecule has 146 valence electrons. The molecule has 7 heteroatoms. The zero-order valence-corrected chi connectivity index (χ0v) is 16.5. The molecule has 0 aliphatic carbocycles. The maximum Gasteiger partial charge on any atom is 0.261 e. The molecule has 1 heterocycles. The van der Waals surface area contributed by atoms with Gasteiger partial charge in [0.2, 0.25) is 5.91 Å². The van der Waals surface area contributed by atoms with Crippen molar-refractivity contribution in [3.63, 3.8) is 0 Å². The Morgan fingerprint density at radius 1 is 1.00 bits per heavy atom. The number of imide groups is 1. The van der Waals surface area contributed by atoms with Crippen molar-refractivity contribution in [2.45, 2.75) is 12.8 Å². The zero-order chi connectivity index (χ0) is 19.9. The molecule has 0 saturated carbocycles. The van der Waals surface area contributed by atoms with E-state index in [0.29, 0.717) is 23.4 Å². The lowest BCUT2D eigenvalue weighted by atomic mass is 10.1. The highest BCUT2D eigenvalue weighted by atomic mass is 32.2. The predicted octanol–water partition coefficient (Wildman–Crippen LogP) is 3.44. The maximum atomic E-state index is 12.3. The number of nitrogens with one attached hydrogen (secondary N) is 1. The summed E-state index contributed by atoms with van der Waals surface area (Å²) in [5.74, 6) is 1.40. The largest absolute Gasteiger partial charge is 0.497 e. The minimum atomic E-state index is -0.216. The number of benzene rings is 2. The second kappa shape index (κ2) is 9.41. The molecule has 0 atom stereocenters. The molecule has 0 radical (unpaired) electrons. The molecule has 28 heavy (non-hydrogen) atoms. The fourth-order valence-electron chi connectivity index (χ4n) is 2.95. The van der Waals surface area contributed by atoms with E-state index in [4.69, 9.17) is 4.74 Å². The first-order chi connectivity index (χ1) is 13.6. The fraction of sp³-hybridized carbons (Fsp3) is 0.286. The lowest BCUT2D eigenvalue weighted by Crippen LogP contribution is -2.30. The molecule has 0 spiro atoms. The summed E-state index contributed by atoms with van der Waals surface area (Å²) in [6.07, 6.45) is 1.55. The number of carbonyl (C=O) groups excluding carboxylic acids is 3. The van der Waals surface area contributed by atoms with E-state index in [1.54, 1.807) is 55.6 Å². The number of ether oxygens (including phenoxy) is 1. The SMILES string of the molecule is COc1ccc(NC(=O)CSCCCCN2C(=O)c3ccccc3C2=O)cc1. The highest BCUT2D eigenvalue weighted by Gasteiger charge is 2.34. The quantitative estimate of drug-likeness (QED) is 0.517. The Morgan fingerprint density at radius 3 is 2.25 bits per heavy atom. The molecule has 2 aromatic rings. The van der Waals surface area contributed by atoms with Gasteiger partial charge in [0.1, 0.15) is 5.75 Å². The highest BCUT2D eigenvalue weighted by Crippen LogP contribution is 2.23. The Balaban J connectivity index is 1.32. The van der Waals surface area contributed by atoms with E-state index in [1.165, 1.54) is 16.7 Å². The summed E-state index contributed by atoms with van der Waals surface area (Å²) in [5, 5.41) is 2.84. The molecule has 1 N–H and O–H groups in total. The standard InChI is InChI=1S/C21H22N2O4S/c1-27-16-10-8-15(9-11-16)22-19(24)14-28-13-5-4-12-23-20(25)17-6-2-3-7-18(17)21(23)26/h2-3,6-11H,4-5,12-14H2,1H3,(H,22,24). The number of hydrogen-bond acceptors (Lipinski definition) is 5. The number of methoxy groups -OCH3 is 1. The smallest absolute Gasteiger partial charge is 0.261 e. The van der Waals surface area contributed by atoms with Crippen LogP contribution in [0.25, 0.3) is 0 Å². The van der Waals surface area contributed by atoms with Gasteiger partial charge in [0.05, 0.1) is 24.0 Å². The second-order valence-corrected chi connectivity index (χ2v) is 7.45. The Bertz CT molecular complexity index is 832. The fourth-order valence-corrected chi connectivity index (χ4v) is 3.76. The summed E-state index contributed by atoms with van der Waals surface area (Å²) in [6, 6.07) is 14.1. The first-order valence-corrected chi connectivity index (χ1v) is 10.2. The molecule has 1 aliphatic heterocycles. The van der Waals surface area contributed by atoms with Gasteiger partial charge in [0.15, 0.2) is 0 Å². The van der Waals surface area contributed by atoms with Crippen molar-refractivity contribution >= 4 is 35.2 Å². The van der Waals surface area contributed by atoms with E-state index in [2.05, 4.69) is 5.32 Å². The average molecular weight is 398 g/mol. The van der Waals surface area contributed by atoms with E-state index in [9.17, 15) is 14.4 Å². The van der Waals surface area contributed by atoms with Crippen molar-refractivity contribution in [1.82, 2.24) is 4.90 Å². The van der Waals surface area contributed by atoms with Gasteiger partial charge in [-0.1, -0.05) is 12.1 Å². The van der Waals surface area contributed by atoms with Gasteiger partial charge in [-0.25, -0.2) is 0 Å². The Morgan fingerprint density at radius 2 is 1.64 bits per heavy atom. The van der Waals surface area contributed by atoms with Crippen molar-refractivity contribution in [1.29, 1.82) is 0 Å². The number of hydrogen-bond donors (Lipinski definition) is 1. The van der Waals surface area contributed by atoms with Crippen LogP contribution in [-0.4, -0.2) is 47.8 Å². The van der Waals surface area contributed by atoms with Crippen molar-refractivity contribution in [3.8, 4) is 5.75 Å². The Hall–Kier alpha value is -2.80. The first-order valence-electron chi connectivity index (χ1n) is 9.07. The van der Waals surface area contributed by atoms with Gasteiger partial charge in [-0.2, -0.15) is 11.8 Å². The monoisotopic (exact) mass is 398 g/mol. The van der Waals surface area contributed by atoms with Gasteiger partial charge in [0, 0.05) is 12.2 Å². The van der Waals surface area contributed by atoms with Crippen LogP contribution in [0.3, 0.4) is 0 Å². The third-order valence-electron chi connectivity index (χ3n) is 4.41. The van der Waals surface area contributed by atoms with Crippen molar-refractivity contribution in [2.24, 2.45) is 0 Å². The van der Waals surface area contributed by atoms with Crippen molar-refractivity contribution < 1.29 is 19.1 Å². The minimum absolute atomic E-state index is 0.0597. The van der Waals surface area contributed by atoms with Gasteiger partial charge in [-0.3, -0.25) is 19.3 Å². The van der Waals surface area contributed by atoms with Crippen LogP contribution in [-0.2, 0) is 4.79 Å². The molecule has 0 aromatic heterocycles. The van der Waals surface area contributed by atoms with Gasteiger partial charge in [-0.05, 0) is 55.0 Å². The molecule has 0 unspecified atom stereocenters. The molecule has 3 amide bonds. The topological polar surface area (TPSA) is 75.7 Å². The number of nitrogens with zero attached hydrogens (tertiary/aromatic N) is 1. The molecule has 0 saturated heterocycles. The number of amides is 3. The van der Waals surface area contributed by atoms with E-state index in [0.717, 1.165) is 30.0 Å². The maximum absolute atomic E-state index is 12.3. The zero-order valence-electron chi connectivity index (χ0n) is 15.6. The van der Waals surface area contributed by atoms with Crippen LogP contribution >= 0.6 is 11.8 Å². The molecule has 1 aliphatic rings. The van der Waals surface area contributed by atoms with Crippen molar-refractivity contribution in [2.75, 3.05) is 30.5 Å². The van der Waals surface area contributed by atoms with E-state index >= 15 is 0 Å². The number of rotatable bonds is 9. The molecule has 0 fully saturated rings. The lowest BCUT2D eigenvalue weighted by molar-refractivity contribution is -0.113. The van der Waals surface area contributed by atoms with E-state index in [-0.39, 0.29) is 17.7 Å². The summed E-state index contributed by atoms with van der Waals surface area (Å²) >= 11 is 1.53. The predicted molar refractivity (Wildman–Crippen MR) is 110 cm³/mol. The van der Waals surface area contributed by atoms with Crippen LogP contribution in [0.4, 0.5) is 5.69 Å². The third kappa shape index (κ3) is 4.72. The van der Waals surface area contributed by atoms with Gasteiger partial charge in [0.25, 0.3) is 11.8 Å². The number of anilines is 1. The number of thioether (sulfide) groups is 1. The molecule has 2 aromatic carbocycles. The summed E-state index contributed by atoms with van der Waals surface area (Å²) in [7, 11) is 1.60. The summed E-state index contributed by atoms with van der Waals surface area (Å²) < 4.78 is 5.08. The molecular weight excluding hydrogens is 376 g/mol. The summed E-state index contributed by atoms with van der Waals surface area (Å²) in [4.78, 5) is 37.8. The van der Waals surface area contributed by atoms with Gasteiger partial charge in [-0.15, -0.1) is 0 Å². The number of unbranched alkanes of at least 4 members (excludes halogenated alkanes) is 1. The molecule has 0 bridgehead atoms. The molecular formula is C21H22N2O4S. The average Bonchev–Trinajstić information content (AvgIpc) is 2.96. The second-order valence-electron chi connectivity index (χ2n) is 6.34.